The summed E-state index contributed by atoms with van der Waals surface area (Å²) < 4.78 is 34.3. The number of hydrogen-bond donors (Lipinski definition) is 12. The second-order valence-electron chi connectivity index (χ2n) is 26.0. The lowest BCUT2D eigenvalue weighted by atomic mass is 9.96. The first kappa shape index (κ1) is 84.5. The maximum absolute atomic E-state index is 13.4. The number of unbranched alkanes of at least 4 members (excludes halogenated alkanes) is 30. The Morgan fingerprint density at radius 3 is 1.15 bits per heavy atom. The number of ether oxygens (including phenoxy) is 6. The van der Waals surface area contributed by atoms with Gasteiger partial charge in [-0.15, -0.1) is 0 Å². The zero-order valence-electron chi connectivity index (χ0n) is 57.2. The fourth-order valence-corrected chi connectivity index (χ4v) is 12.0. The Balaban J connectivity index is 1.45. The van der Waals surface area contributed by atoms with Gasteiger partial charge in [0.15, 0.2) is 18.9 Å². The Labute approximate surface area is 559 Å². The van der Waals surface area contributed by atoms with Gasteiger partial charge >= 0.3 is 0 Å². The van der Waals surface area contributed by atoms with Gasteiger partial charge in [0.1, 0.15) is 73.2 Å². The molecule has 3 fully saturated rings. The first-order valence-electron chi connectivity index (χ1n) is 36.7. The van der Waals surface area contributed by atoms with Crippen molar-refractivity contribution < 1.29 is 89.4 Å². The molecule has 3 aliphatic heterocycles. The summed E-state index contributed by atoms with van der Waals surface area (Å²) in [6, 6.07) is -1.01. The average molecular weight is 1320 g/mol. The van der Waals surface area contributed by atoms with Crippen molar-refractivity contribution in [1.29, 1.82) is 0 Å². The summed E-state index contributed by atoms with van der Waals surface area (Å²) >= 11 is 0. The average Bonchev–Trinajstić information content (AvgIpc) is 1.48. The lowest BCUT2D eigenvalue weighted by Crippen LogP contribution is -2.66. The summed E-state index contributed by atoms with van der Waals surface area (Å²) in [5.74, 6) is -0.302. The Morgan fingerprint density at radius 1 is 0.387 bits per heavy atom. The van der Waals surface area contributed by atoms with E-state index in [4.69, 9.17) is 28.4 Å². The van der Waals surface area contributed by atoms with Crippen LogP contribution in [-0.4, -0.2) is 193 Å². The van der Waals surface area contributed by atoms with Crippen LogP contribution < -0.4 is 5.32 Å². The van der Waals surface area contributed by atoms with Crippen molar-refractivity contribution >= 4 is 5.91 Å². The first-order chi connectivity index (χ1) is 45.3. The number of carbonyl (C=O) groups excluding carboxylic acids is 1. The largest absolute Gasteiger partial charge is 0.394 e. The summed E-state index contributed by atoms with van der Waals surface area (Å²) in [5.41, 5.74) is 0. The monoisotopic (exact) mass is 1320 g/mol. The van der Waals surface area contributed by atoms with Crippen LogP contribution >= 0.6 is 0 Å². The van der Waals surface area contributed by atoms with Crippen molar-refractivity contribution in [3.05, 3.63) is 72.9 Å². The number of allylic oxidation sites excluding steroid dienone is 11. The summed E-state index contributed by atoms with van der Waals surface area (Å²) in [6.07, 6.45) is 43.1. The highest BCUT2D eigenvalue weighted by Gasteiger charge is 2.53. The van der Waals surface area contributed by atoms with Crippen molar-refractivity contribution in [2.75, 3.05) is 26.4 Å². The molecule has 0 aromatic carbocycles. The molecule has 19 heteroatoms. The van der Waals surface area contributed by atoms with E-state index < -0.39 is 124 Å². The maximum atomic E-state index is 13.4. The van der Waals surface area contributed by atoms with E-state index in [-0.39, 0.29) is 18.9 Å². The minimum absolute atomic E-state index is 0.214. The smallest absolute Gasteiger partial charge is 0.220 e. The minimum Gasteiger partial charge on any atom is -0.394 e. The normalized spacial score (nSPS) is 27.9. The van der Waals surface area contributed by atoms with Gasteiger partial charge in [-0.1, -0.05) is 241 Å². The Kier molecular flexibility index (Phi) is 50.1. The third kappa shape index (κ3) is 36.6. The summed E-state index contributed by atoms with van der Waals surface area (Å²) in [7, 11) is 0. The van der Waals surface area contributed by atoms with Gasteiger partial charge in [0.25, 0.3) is 0 Å². The third-order valence-electron chi connectivity index (χ3n) is 18.0. The number of aliphatic hydroxyl groups is 11. The summed E-state index contributed by atoms with van der Waals surface area (Å²) in [6.45, 7) is 1.70. The van der Waals surface area contributed by atoms with Crippen molar-refractivity contribution in [3.63, 3.8) is 0 Å². The molecule has 1 amide bonds. The van der Waals surface area contributed by atoms with Crippen molar-refractivity contribution in [2.45, 2.75) is 362 Å². The molecule has 540 valence electrons. The molecule has 0 saturated carbocycles. The lowest BCUT2D eigenvalue weighted by Gasteiger charge is -2.48. The molecule has 93 heavy (non-hydrogen) atoms. The summed E-state index contributed by atoms with van der Waals surface area (Å²) in [4.78, 5) is 13.4. The number of aliphatic hydroxyl groups excluding tert-OH is 11. The second-order valence-corrected chi connectivity index (χ2v) is 26.0. The van der Waals surface area contributed by atoms with Gasteiger partial charge in [-0.25, -0.2) is 0 Å². The van der Waals surface area contributed by atoms with Crippen LogP contribution in [0.2, 0.25) is 0 Å². The summed E-state index contributed by atoms with van der Waals surface area (Å²) in [5, 5.41) is 121. The van der Waals surface area contributed by atoms with E-state index >= 15 is 0 Å². The molecule has 0 radical (unpaired) electrons. The number of rotatable bonds is 56. The molecule has 0 spiro atoms. The predicted molar refractivity (Wildman–Crippen MR) is 365 cm³/mol. The van der Waals surface area contributed by atoms with Gasteiger partial charge in [-0.2, -0.15) is 0 Å². The molecule has 12 N–H and O–H groups in total. The molecule has 3 saturated heterocycles. The maximum Gasteiger partial charge on any atom is 0.220 e. The predicted octanol–water partition coefficient (Wildman–Crippen LogP) is 10.5. The van der Waals surface area contributed by atoms with Gasteiger partial charge in [0.2, 0.25) is 5.91 Å². The molecule has 19 nitrogen and oxygen atoms in total. The van der Waals surface area contributed by atoms with Crippen LogP contribution in [0.1, 0.15) is 258 Å². The van der Waals surface area contributed by atoms with Gasteiger partial charge < -0.3 is 89.9 Å². The van der Waals surface area contributed by atoms with Crippen LogP contribution in [0.25, 0.3) is 0 Å². The number of nitrogens with one attached hydrogen (secondary N) is 1. The highest BCUT2D eigenvalue weighted by Crippen LogP contribution is 2.33. The number of hydrogen-bond acceptors (Lipinski definition) is 18. The number of amides is 1. The molecule has 3 aliphatic rings. The third-order valence-corrected chi connectivity index (χ3v) is 18.0. The highest BCUT2D eigenvalue weighted by molar-refractivity contribution is 5.76. The van der Waals surface area contributed by atoms with E-state index in [1.807, 2.05) is 6.08 Å². The van der Waals surface area contributed by atoms with E-state index in [0.29, 0.717) is 12.8 Å². The molecular formula is C74H131NO18. The Morgan fingerprint density at radius 2 is 0.720 bits per heavy atom. The van der Waals surface area contributed by atoms with Crippen molar-refractivity contribution in [1.82, 2.24) is 5.32 Å². The van der Waals surface area contributed by atoms with E-state index in [9.17, 15) is 61.0 Å². The molecule has 0 bridgehead atoms. The topological polar surface area (TPSA) is 307 Å². The van der Waals surface area contributed by atoms with Crippen molar-refractivity contribution in [2.24, 2.45) is 0 Å². The van der Waals surface area contributed by atoms with Crippen LogP contribution in [0.15, 0.2) is 72.9 Å². The Bertz CT molecular complexity index is 1970. The molecule has 17 atom stereocenters. The lowest BCUT2D eigenvalue weighted by molar-refractivity contribution is -0.379. The van der Waals surface area contributed by atoms with Crippen LogP contribution in [0.4, 0.5) is 0 Å². The molecule has 0 aromatic heterocycles. The standard InChI is InChI=1S/C74H131NO18/c1-3-5-7-9-11-13-15-17-19-21-23-25-26-27-28-29-30-32-33-35-37-39-41-43-45-47-49-51-58(79)57(75-62(80)52-50-48-46-44-42-40-38-36-34-31-24-22-20-18-16-14-12-10-8-6-4-2)56-88-72-68(86)65(83)70(60(54-77)90-72)93-74-69(87)66(84)71(61(55-78)91-74)92-73-67(85)64(82)63(81)59(53-76)89-73/h16,18,22,24,33-36,41,43,49,51,57-61,63-74,76-79,81-87H,3-15,17,19-21,23,25-32,37-40,42,44-48,50,52-56H2,1-2H3,(H,75,80)/b18-16-,24-22-,35-33+,36-34-,43-41+,51-49+. The van der Waals surface area contributed by atoms with Crippen LogP contribution in [0.3, 0.4) is 0 Å². The molecular weight excluding hydrogens is 1190 g/mol. The number of carbonyl (C=O) groups is 1. The van der Waals surface area contributed by atoms with Gasteiger partial charge in [0, 0.05) is 6.42 Å². The highest BCUT2D eigenvalue weighted by atomic mass is 16.8. The fourth-order valence-electron chi connectivity index (χ4n) is 12.0. The van der Waals surface area contributed by atoms with Crippen LogP contribution in [-0.2, 0) is 33.2 Å². The SMILES string of the molecule is CCCCCCC/C=C\C/C=C\C/C=C\CCCCCCCCC(=O)NC(COC1OC(CO)C(OC2OC(CO)C(OC3OC(CO)C(O)C(O)C3O)C(O)C2O)C(O)C1O)C(O)/C=C/CC/C=C/CC/C=C/CCCCCCCCCCCCCCCCCCC. The quantitative estimate of drug-likeness (QED) is 0.0199. The van der Waals surface area contributed by atoms with Crippen LogP contribution in [0.5, 0.6) is 0 Å². The van der Waals surface area contributed by atoms with E-state index in [2.05, 4.69) is 79.9 Å². The molecule has 0 aliphatic carbocycles. The second kappa shape index (κ2) is 55.1. The van der Waals surface area contributed by atoms with Gasteiger partial charge in [-0.05, 0) is 83.5 Å². The molecule has 17 unspecified atom stereocenters. The van der Waals surface area contributed by atoms with E-state index in [1.54, 1.807) is 6.08 Å². The minimum atomic E-state index is -1.99. The molecule has 3 rings (SSSR count). The van der Waals surface area contributed by atoms with E-state index in [1.165, 1.54) is 148 Å². The Hall–Kier alpha value is -2.77. The zero-order valence-corrected chi connectivity index (χ0v) is 57.2. The zero-order chi connectivity index (χ0) is 67.5. The van der Waals surface area contributed by atoms with Gasteiger partial charge in [0.05, 0.1) is 38.6 Å². The molecule has 3 heterocycles. The van der Waals surface area contributed by atoms with Crippen LogP contribution in [0, 0.1) is 0 Å². The molecule has 0 aromatic rings. The van der Waals surface area contributed by atoms with Crippen molar-refractivity contribution in [3.8, 4) is 0 Å². The van der Waals surface area contributed by atoms with E-state index in [0.717, 1.165) is 77.0 Å². The fraction of sp³-hybridized carbons (Fsp3) is 0.824. The first-order valence-corrected chi connectivity index (χ1v) is 36.7. The van der Waals surface area contributed by atoms with Gasteiger partial charge in [-0.3, -0.25) is 4.79 Å².